The number of rotatable bonds is 5. The number of likely N-dealkylation sites (tertiary alicyclic amines) is 1. The van der Waals surface area contributed by atoms with E-state index in [1.54, 1.807) is 0 Å². The van der Waals surface area contributed by atoms with Crippen LogP contribution in [0.3, 0.4) is 0 Å². The predicted octanol–water partition coefficient (Wildman–Crippen LogP) is 1.51. The first-order valence-electron chi connectivity index (χ1n) is 8.22. The quantitative estimate of drug-likeness (QED) is 0.729. The Hall–Kier alpha value is -0.850. The molecule has 1 amide bonds. The van der Waals surface area contributed by atoms with Crippen molar-refractivity contribution < 1.29 is 9.90 Å². The number of aliphatic hydroxyl groups is 1. The Bertz CT molecular complexity index is 498. The lowest BCUT2D eigenvalue weighted by Crippen LogP contribution is -2.44. The Morgan fingerprint density at radius 1 is 1.25 bits per heavy atom. The standard InChI is InChI=1S/C17H25N3O2.2ClH/c21-14-10-15(18-11-14)17(22)19-12-16(20-8-4-5-9-20)13-6-2-1-3-7-13;;/h1-3,6-7,14-16,18,21H,4-5,8-12H2,(H,19,22);2*1H. The van der Waals surface area contributed by atoms with Gasteiger partial charge in [0.15, 0.2) is 0 Å². The summed E-state index contributed by atoms with van der Waals surface area (Å²) in [7, 11) is 0. The van der Waals surface area contributed by atoms with Crippen LogP contribution in [-0.2, 0) is 4.79 Å². The summed E-state index contributed by atoms with van der Waals surface area (Å²) in [5.74, 6) is -0.00308. The maximum Gasteiger partial charge on any atom is 0.237 e. The molecular formula is C17H27Cl2N3O2. The molecule has 3 N–H and O–H groups in total. The summed E-state index contributed by atoms with van der Waals surface area (Å²) in [6.45, 7) is 3.31. The maximum absolute atomic E-state index is 12.2. The number of amides is 1. The number of nitrogens with one attached hydrogen (secondary N) is 2. The van der Waals surface area contributed by atoms with Gasteiger partial charge in [-0.05, 0) is 37.9 Å². The first-order valence-corrected chi connectivity index (χ1v) is 8.22. The van der Waals surface area contributed by atoms with E-state index in [1.807, 2.05) is 6.07 Å². The van der Waals surface area contributed by atoms with E-state index in [9.17, 15) is 9.90 Å². The first-order chi connectivity index (χ1) is 10.7. The van der Waals surface area contributed by atoms with Crippen LogP contribution in [0.5, 0.6) is 0 Å². The minimum atomic E-state index is -0.403. The largest absolute Gasteiger partial charge is 0.392 e. The van der Waals surface area contributed by atoms with Gasteiger partial charge in [-0.15, -0.1) is 24.8 Å². The predicted molar refractivity (Wildman–Crippen MR) is 99.9 cm³/mol. The molecule has 1 aromatic rings. The van der Waals surface area contributed by atoms with Gasteiger partial charge in [0.1, 0.15) is 0 Å². The molecule has 2 saturated heterocycles. The molecule has 2 aliphatic rings. The highest BCUT2D eigenvalue weighted by Crippen LogP contribution is 2.24. The molecule has 0 radical (unpaired) electrons. The molecule has 0 aliphatic carbocycles. The normalized spacial score (nSPS) is 24.7. The second kappa shape index (κ2) is 10.2. The fourth-order valence-corrected chi connectivity index (χ4v) is 3.42. The van der Waals surface area contributed by atoms with Crippen LogP contribution in [0.2, 0.25) is 0 Å². The molecular weight excluding hydrogens is 349 g/mol. The van der Waals surface area contributed by atoms with Crippen molar-refractivity contribution in [1.29, 1.82) is 0 Å². The number of benzene rings is 1. The summed E-state index contributed by atoms with van der Waals surface area (Å²) >= 11 is 0. The van der Waals surface area contributed by atoms with Crippen LogP contribution < -0.4 is 10.6 Å². The van der Waals surface area contributed by atoms with Crippen LogP contribution >= 0.6 is 24.8 Å². The van der Waals surface area contributed by atoms with Gasteiger partial charge in [-0.1, -0.05) is 30.3 Å². The second-order valence-corrected chi connectivity index (χ2v) is 6.27. The molecule has 0 spiro atoms. The van der Waals surface area contributed by atoms with Crippen LogP contribution in [0.15, 0.2) is 30.3 Å². The lowest BCUT2D eigenvalue weighted by Gasteiger charge is -2.28. The average molecular weight is 376 g/mol. The molecule has 2 fully saturated rings. The zero-order chi connectivity index (χ0) is 15.4. The molecule has 5 nitrogen and oxygen atoms in total. The van der Waals surface area contributed by atoms with Gasteiger partial charge >= 0.3 is 0 Å². The lowest BCUT2D eigenvalue weighted by molar-refractivity contribution is -0.123. The molecule has 2 aliphatic heterocycles. The molecule has 3 rings (SSSR count). The molecule has 136 valence electrons. The Balaban J connectivity index is 0.00000144. The summed E-state index contributed by atoms with van der Waals surface area (Å²) < 4.78 is 0. The molecule has 3 atom stereocenters. The van der Waals surface area contributed by atoms with Crippen molar-refractivity contribution in [2.24, 2.45) is 0 Å². The van der Waals surface area contributed by atoms with Crippen molar-refractivity contribution >= 4 is 30.7 Å². The van der Waals surface area contributed by atoms with Crippen molar-refractivity contribution in [2.75, 3.05) is 26.2 Å². The van der Waals surface area contributed by atoms with Gasteiger partial charge < -0.3 is 15.7 Å². The number of halogens is 2. The number of hydrogen-bond donors (Lipinski definition) is 3. The fourth-order valence-electron chi connectivity index (χ4n) is 3.42. The van der Waals surface area contributed by atoms with Crippen molar-refractivity contribution in [3.05, 3.63) is 35.9 Å². The maximum atomic E-state index is 12.2. The van der Waals surface area contributed by atoms with Crippen molar-refractivity contribution in [1.82, 2.24) is 15.5 Å². The third-order valence-corrected chi connectivity index (χ3v) is 4.66. The van der Waals surface area contributed by atoms with Crippen LogP contribution in [0.4, 0.5) is 0 Å². The van der Waals surface area contributed by atoms with Gasteiger partial charge in [0.05, 0.1) is 18.2 Å². The van der Waals surface area contributed by atoms with Gasteiger partial charge in [0, 0.05) is 13.1 Å². The molecule has 24 heavy (non-hydrogen) atoms. The van der Waals surface area contributed by atoms with Crippen LogP contribution in [0, 0.1) is 0 Å². The molecule has 2 heterocycles. The van der Waals surface area contributed by atoms with Gasteiger partial charge in [0.25, 0.3) is 0 Å². The highest BCUT2D eigenvalue weighted by Gasteiger charge is 2.29. The molecule has 3 unspecified atom stereocenters. The summed E-state index contributed by atoms with van der Waals surface area (Å²) in [5, 5.41) is 15.7. The molecule has 0 aromatic heterocycles. The number of hydrogen-bond acceptors (Lipinski definition) is 4. The highest BCUT2D eigenvalue weighted by molar-refractivity contribution is 5.85. The van der Waals surface area contributed by atoms with Gasteiger partial charge in [-0.2, -0.15) is 0 Å². The molecule has 0 saturated carbocycles. The fraction of sp³-hybridized carbons (Fsp3) is 0.588. The lowest BCUT2D eigenvalue weighted by atomic mass is 10.1. The van der Waals surface area contributed by atoms with Crippen LogP contribution in [0.1, 0.15) is 30.9 Å². The number of aliphatic hydroxyl groups excluding tert-OH is 1. The van der Waals surface area contributed by atoms with Crippen molar-refractivity contribution in [2.45, 2.75) is 37.5 Å². The van der Waals surface area contributed by atoms with Crippen molar-refractivity contribution in [3.63, 3.8) is 0 Å². The Kier molecular flexibility index (Phi) is 9.02. The number of β-amino-alcohol motifs (C(OH)–C–C–N with tert-alkyl or cyclic N) is 1. The Morgan fingerprint density at radius 3 is 2.50 bits per heavy atom. The van der Waals surface area contributed by atoms with E-state index in [4.69, 9.17) is 0 Å². The third kappa shape index (κ3) is 5.33. The molecule has 0 bridgehead atoms. The average Bonchev–Trinajstić information content (AvgIpc) is 3.20. The van der Waals surface area contributed by atoms with E-state index in [2.05, 4.69) is 39.8 Å². The topological polar surface area (TPSA) is 64.6 Å². The molecule has 1 aromatic carbocycles. The van der Waals surface area contributed by atoms with E-state index in [-0.39, 0.29) is 42.8 Å². The summed E-state index contributed by atoms with van der Waals surface area (Å²) in [4.78, 5) is 14.7. The van der Waals surface area contributed by atoms with Crippen LogP contribution in [0.25, 0.3) is 0 Å². The number of nitrogens with zero attached hydrogens (tertiary/aromatic N) is 1. The van der Waals surface area contributed by atoms with E-state index in [0.29, 0.717) is 19.5 Å². The van der Waals surface area contributed by atoms with Crippen molar-refractivity contribution in [3.8, 4) is 0 Å². The number of carbonyl (C=O) groups is 1. The smallest absolute Gasteiger partial charge is 0.237 e. The van der Waals surface area contributed by atoms with Gasteiger partial charge in [-0.25, -0.2) is 0 Å². The minimum Gasteiger partial charge on any atom is -0.392 e. The monoisotopic (exact) mass is 375 g/mol. The first kappa shape index (κ1) is 21.2. The third-order valence-electron chi connectivity index (χ3n) is 4.66. The highest BCUT2D eigenvalue weighted by atomic mass is 35.5. The number of carbonyl (C=O) groups excluding carboxylic acids is 1. The Morgan fingerprint density at radius 2 is 1.92 bits per heavy atom. The second-order valence-electron chi connectivity index (χ2n) is 6.27. The van der Waals surface area contributed by atoms with Gasteiger partial charge in [0.2, 0.25) is 5.91 Å². The van der Waals surface area contributed by atoms with E-state index in [0.717, 1.165) is 13.1 Å². The minimum absolute atomic E-state index is 0. The van der Waals surface area contributed by atoms with E-state index < -0.39 is 6.10 Å². The summed E-state index contributed by atoms with van der Waals surface area (Å²) in [5.41, 5.74) is 1.25. The zero-order valence-corrected chi connectivity index (χ0v) is 15.3. The van der Waals surface area contributed by atoms with Crippen LogP contribution in [-0.4, -0.2) is 54.2 Å². The van der Waals surface area contributed by atoms with Gasteiger partial charge in [-0.3, -0.25) is 9.69 Å². The van der Waals surface area contributed by atoms with E-state index >= 15 is 0 Å². The molecule has 7 heteroatoms. The Labute approximate surface area is 156 Å². The zero-order valence-electron chi connectivity index (χ0n) is 13.7. The van der Waals surface area contributed by atoms with E-state index in [1.165, 1.54) is 18.4 Å². The SMILES string of the molecule is Cl.Cl.O=C(NCC(c1ccccc1)N1CCCC1)C1CC(O)CN1. The summed E-state index contributed by atoms with van der Waals surface area (Å²) in [6.07, 6.45) is 2.56. The summed E-state index contributed by atoms with van der Waals surface area (Å²) in [6, 6.07) is 10.4.